The first-order valence-corrected chi connectivity index (χ1v) is 5.02. The number of carbonyl (C=O) groups is 2. The van der Waals surface area contributed by atoms with Crippen molar-refractivity contribution >= 4 is 11.9 Å². The Kier molecular flexibility index (Phi) is 2.81. The van der Waals surface area contributed by atoms with E-state index in [1.165, 1.54) is 7.11 Å². The molecule has 0 N–H and O–H groups in total. The lowest BCUT2D eigenvalue weighted by atomic mass is 9.69. The monoisotopic (exact) mass is 214 g/mol. The van der Waals surface area contributed by atoms with Gasteiger partial charge in [-0.15, -0.1) is 0 Å². The number of esters is 2. The molecule has 1 atom stereocenters. The molecule has 86 valence electrons. The number of carbonyl (C=O) groups excluding carboxylic acids is 2. The highest BCUT2D eigenvalue weighted by Crippen LogP contribution is 2.48. The zero-order valence-corrected chi connectivity index (χ0v) is 9.92. The standard InChI is InChI=1S/C11H18O4/c1-10(2)7(6-8(12)14-5)9(13)15-11(10,3)4/h7H,6H2,1-5H3. The van der Waals surface area contributed by atoms with E-state index in [0.29, 0.717) is 0 Å². The third kappa shape index (κ3) is 1.85. The maximum Gasteiger partial charge on any atom is 0.310 e. The molecule has 15 heavy (non-hydrogen) atoms. The fourth-order valence-corrected chi connectivity index (χ4v) is 1.76. The molecule has 0 aromatic carbocycles. The van der Waals surface area contributed by atoms with Crippen molar-refractivity contribution in [2.45, 2.75) is 39.7 Å². The maximum absolute atomic E-state index is 11.6. The Bertz CT molecular complexity index is 291. The predicted molar refractivity (Wildman–Crippen MR) is 54.1 cm³/mol. The van der Waals surface area contributed by atoms with Crippen LogP contribution in [-0.4, -0.2) is 24.6 Å². The molecular weight excluding hydrogens is 196 g/mol. The van der Waals surface area contributed by atoms with Gasteiger partial charge in [0.05, 0.1) is 19.4 Å². The first-order chi connectivity index (χ1) is 6.72. The molecule has 1 heterocycles. The normalized spacial score (nSPS) is 27.3. The number of cyclic esters (lactones) is 1. The molecule has 0 aromatic heterocycles. The first kappa shape index (κ1) is 12.0. The average molecular weight is 214 g/mol. The summed E-state index contributed by atoms with van der Waals surface area (Å²) in [6.07, 6.45) is 0.0891. The number of ether oxygens (including phenoxy) is 2. The summed E-state index contributed by atoms with van der Waals surface area (Å²) >= 11 is 0. The Morgan fingerprint density at radius 2 is 1.93 bits per heavy atom. The molecular formula is C11H18O4. The van der Waals surface area contributed by atoms with Gasteiger partial charge in [0.25, 0.3) is 0 Å². The minimum atomic E-state index is -0.539. The number of hydrogen-bond acceptors (Lipinski definition) is 4. The Balaban J connectivity index is 2.90. The molecule has 0 aromatic rings. The Morgan fingerprint density at radius 1 is 1.40 bits per heavy atom. The number of rotatable bonds is 2. The summed E-state index contributed by atoms with van der Waals surface area (Å²) in [6, 6.07) is 0. The van der Waals surface area contributed by atoms with Crippen LogP contribution in [0.1, 0.15) is 34.1 Å². The second-order valence-electron chi connectivity index (χ2n) is 4.99. The summed E-state index contributed by atoms with van der Waals surface area (Å²) in [6.45, 7) is 7.60. The summed E-state index contributed by atoms with van der Waals surface area (Å²) in [7, 11) is 1.32. The van der Waals surface area contributed by atoms with Gasteiger partial charge in [0.15, 0.2) is 0 Å². The van der Waals surface area contributed by atoms with E-state index >= 15 is 0 Å². The summed E-state index contributed by atoms with van der Waals surface area (Å²) in [5.74, 6) is -1.10. The topological polar surface area (TPSA) is 52.6 Å². The fourth-order valence-electron chi connectivity index (χ4n) is 1.76. The van der Waals surface area contributed by atoms with E-state index < -0.39 is 11.5 Å². The van der Waals surface area contributed by atoms with E-state index in [9.17, 15) is 9.59 Å². The van der Waals surface area contributed by atoms with Crippen molar-refractivity contribution in [3.05, 3.63) is 0 Å². The minimum Gasteiger partial charge on any atom is -0.469 e. The van der Waals surface area contributed by atoms with Crippen molar-refractivity contribution in [2.24, 2.45) is 11.3 Å². The zero-order chi connectivity index (χ0) is 11.9. The Labute approximate surface area is 89.9 Å². The van der Waals surface area contributed by atoms with Crippen molar-refractivity contribution in [2.75, 3.05) is 7.11 Å². The van der Waals surface area contributed by atoms with E-state index in [-0.39, 0.29) is 23.8 Å². The summed E-state index contributed by atoms with van der Waals surface area (Å²) in [4.78, 5) is 22.8. The largest absolute Gasteiger partial charge is 0.469 e. The molecule has 4 nitrogen and oxygen atoms in total. The third-order valence-corrected chi connectivity index (χ3v) is 3.66. The van der Waals surface area contributed by atoms with Gasteiger partial charge in [-0.05, 0) is 13.8 Å². The number of methoxy groups -OCH3 is 1. The highest BCUT2D eigenvalue weighted by Gasteiger charge is 2.56. The fraction of sp³-hybridized carbons (Fsp3) is 0.818. The van der Waals surface area contributed by atoms with Crippen LogP contribution < -0.4 is 0 Å². The van der Waals surface area contributed by atoms with E-state index in [2.05, 4.69) is 4.74 Å². The van der Waals surface area contributed by atoms with Crippen LogP contribution >= 0.6 is 0 Å². The molecule has 1 rings (SSSR count). The van der Waals surface area contributed by atoms with Crippen LogP contribution in [-0.2, 0) is 19.1 Å². The summed E-state index contributed by atoms with van der Waals surface area (Å²) in [5, 5.41) is 0. The van der Waals surface area contributed by atoms with Gasteiger partial charge < -0.3 is 9.47 Å². The summed E-state index contributed by atoms with van der Waals surface area (Å²) in [5.41, 5.74) is -0.902. The van der Waals surface area contributed by atoms with Crippen LogP contribution in [0.3, 0.4) is 0 Å². The first-order valence-electron chi connectivity index (χ1n) is 5.02. The van der Waals surface area contributed by atoms with Crippen LogP contribution in [0.25, 0.3) is 0 Å². The second-order valence-corrected chi connectivity index (χ2v) is 4.99. The molecule has 4 heteroatoms. The average Bonchev–Trinajstić information content (AvgIpc) is 2.24. The van der Waals surface area contributed by atoms with Gasteiger partial charge in [0.2, 0.25) is 0 Å². The quantitative estimate of drug-likeness (QED) is 0.654. The van der Waals surface area contributed by atoms with Crippen molar-refractivity contribution < 1.29 is 19.1 Å². The van der Waals surface area contributed by atoms with Gasteiger partial charge in [-0.2, -0.15) is 0 Å². The molecule has 1 aliphatic rings. The molecule has 0 spiro atoms. The van der Waals surface area contributed by atoms with Crippen molar-refractivity contribution in [3.8, 4) is 0 Å². The Hall–Kier alpha value is -1.06. The van der Waals surface area contributed by atoms with Gasteiger partial charge in [-0.3, -0.25) is 9.59 Å². The van der Waals surface area contributed by atoms with E-state index in [1.54, 1.807) is 0 Å². The molecule has 1 fully saturated rings. The smallest absolute Gasteiger partial charge is 0.310 e. The van der Waals surface area contributed by atoms with Crippen molar-refractivity contribution in [3.63, 3.8) is 0 Å². The molecule has 0 radical (unpaired) electrons. The lowest BCUT2D eigenvalue weighted by molar-refractivity contribution is -0.152. The van der Waals surface area contributed by atoms with E-state index in [1.807, 2.05) is 27.7 Å². The lowest BCUT2D eigenvalue weighted by Crippen LogP contribution is -2.39. The highest BCUT2D eigenvalue weighted by molar-refractivity contribution is 5.82. The minimum absolute atomic E-state index is 0.0891. The molecule has 0 aliphatic carbocycles. The lowest BCUT2D eigenvalue weighted by Gasteiger charge is -2.34. The van der Waals surface area contributed by atoms with Crippen LogP contribution in [0.15, 0.2) is 0 Å². The molecule has 0 saturated carbocycles. The molecule has 1 aliphatic heterocycles. The zero-order valence-electron chi connectivity index (χ0n) is 9.92. The third-order valence-electron chi connectivity index (χ3n) is 3.66. The number of hydrogen-bond donors (Lipinski definition) is 0. The van der Waals surface area contributed by atoms with Crippen LogP contribution in [0.4, 0.5) is 0 Å². The Morgan fingerprint density at radius 3 is 2.27 bits per heavy atom. The van der Waals surface area contributed by atoms with Crippen molar-refractivity contribution in [1.82, 2.24) is 0 Å². The molecule has 0 amide bonds. The van der Waals surface area contributed by atoms with Gasteiger partial charge >= 0.3 is 11.9 Å². The van der Waals surface area contributed by atoms with Gasteiger partial charge in [-0.25, -0.2) is 0 Å². The van der Waals surface area contributed by atoms with Crippen molar-refractivity contribution in [1.29, 1.82) is 0 Å². The van der Waals surface area contributed by atoms with Crippen LogP contribution in [0.5, 0.6) is 0 Å². The van der Waals surface area contributed by atoms with Crippen LogP contribution in [0, 0.1) is 11.3 Å². The maximum atomic E-state index is 11.6. The molecule has 1 saturated heterocycles. The van der Waals surface area contributed by atoms with Gasteiger partial charge in [-0.1, -0.05) is 13.8 Å². The van der Waals surface area contributed by atoms with Gasteiger partial charge in [0, 0.05) is 5.41 Å². The highest BCUT2D eigenvalue weighted by atomic mass is 16.6. The van der Waals surface area contributed by atoms with E-state index in [0.717, 1.165) is 0 Å². The molecule has 1 unspecified atom stereocenters. The van der Waals surface area contributed by atoms with Crippen LogP contribution in [0.2, 0.25) is 0 Å². The molecule has 0 bridgehead atoms. The van der Waals surface area contributed by atoms with E-state index in [4.69, 9.17) is 4.74 Å². The summed E-state index contributed by atoms with van der Waals surface area (Å²) < 4.78 is 9.85. The second kappa shape index (κ2) is 3.51. The SMILES string of the molecule is COC(=O)CC1C(=O)OC(C)(C)C1(C)C. The van der Waals surface area contributed by atoms with Gasteiger partial charge in [0.1, 0.15) is 5.60 Å². The predicted octanol–water partition coefficient (Wildman–Crippen LogP) is 1.53.